The van der Waals surface area contributed by atoms with E-state index in [-0.39, 0.29) is 0 Å². The van der Waals surface area contributed by atoms with E-state index in [4.69, 9.17) is 4.84 Å². The van der Waals surface area contributed by atoms with Gasteiger partial charge >= 0.3 is 0 Å². The standard InChI is InChI=1S/C9H14N2O2/c1-12-10-7-8-13-11-9-5-3-2-4-6-9/h2-6,10-11H,7-8H2,1H3. The van der Waals surface area contributed by atoms with Crippen molar-refractivity contribution in [1.82, 2.24) is 5.48 Å². The van der Waals surface area contributed by atoms with Gasteiger partial charge in [0.2, 0.25) is 0 Å². The molecule has 0 aliphatic carbocycles. The number of rotatable bonds is 6. The number of hydrogen-bond acceptors (Lipinski definition) is 4. The molecule has 72 valence electrons. The quantitative estimate of drug-likeness (QED) is 0.512. The van der Waals surface area contributed by atoms with Gasteiger partial charge in [-0.1, -0.05) is 18.2 Å². The molecule has 0 aliphatic heterocycles. The molecule has 1 rings (SSSR count). The molecule has 13 heavy (non-hydrogen) atoms. The molecule has 0 aliphatic rings. The van der Waals surface area contributed by atoms with Crippen LogP contribution in [0.25, 0.3) is 0 Å². The number of nitrogens with one attached hydrogen (secondary N) is 2. The van der Waals surface area contributed by atoms with Gasteiger partial charge in [-0.15, -0.1) is 0 Å². The summed E-state index contributed by atoms with van der Waals surface area (Å²) in [7, 11) is 1.57. The fourth-order valence-corrected chi connectivity index (χ4v) is 0.835. The highest BCUT2D eigenvalue weighted by atomic mass is 16.7. The zero-order valence-corrected chi connectivity index (χ0v) is 7.62. The lowest BCUT2D eigenvalue weighted by Gasteiger charge is -2.06. The SMILES string of the molecule is CONCCONc1ccccc1. The second-order valence-corrected chi connectivity index (χ2v) is 2.42. The van der Waals surface area contributed by atoms with Crippen molar-refractivity contribution in [2.24, 2.45) is 0 Å². The van der Waals surface area contributed by atoms with Crippen LogP contribution in [0, 0.1) is 0 Å². The van der Waals surface area contributed by atoms with Crippen molar-refractivity contribution in [3.8, 4) is 0 Å². The molecule has 4 heteroatoms. The predicted octanol–water partition coefficient (Wildman–Crippen LogP) is 1.18. The van der Waals surface area contributed by atoms with Gasteiger partial charge in [-0.25, -0.2) is 5.48 Å². The minimum absolute atomic E-state index is 0.544. The Morgan fingerprint density at radius 1 is 1.23 bits per heavy atom. The van der Waals surface area contributed by atoms with Gasteiger partial charge in [0.05, 0.1) is 19.4 Å². The molecule has 1 aromatic carbocycles. The maximum atomic E-state index is 5.13. The fourth-order valence-electron chi connectivity index (χ4n) is 0.835. The molecule has 2 N–H and O–H groups in total. The Bertz CT molecular complexity index is 216. The first-order chi connectivity index (χ1) is 6.43. The van der Waals surface area contributed by atoms with E-state index in [9.17, 15) is 0 Å². The molecule has 0 heterocycles. The van der Waals surface area contributed by atoms with Gasteiger partial charge < -0.3 is 4.84 Å². The van der Waals surface area contributed by atoms with Crippen molar-refractivity contribution in [3.05, 3.63) is 30.3 Å². The van der Waals surface area contributed by atoms with Crippen LogP contribution in [0.5, 0.6) is 0 Å². The van der Waals surface area contributed by atoms with Crippen molar-refractivity contribution >= 4 is 5.69 Å². The van der Waals surface area contributed by atoms with Crippen molar-refractivity contribution in [2.75, 3.05) is 25.7 Å². The summed E-state index contributed by atoms with van der Waals surface area (Å²) < 4.78 is 0. The van der Waals surface area contributed by atoms with Gasteiger partial charge in [-0.2, -0.15) is 0 Å². The van der Waals surface area contributed by atoms with Crippen LogP contribution < -0.4 is 11.0 Å². The topological polar surface area (TPSA) is 42.5 Å². The second kappa shape index (κ2) is 6.42. The van der Waals surface area contributed by atoms with Crippen molar-refractivity contribution < 1.29 is 9.68 Å². The normalized spacial score (nSPS) is 9.92. The van der Waals surface area contributed by atoms with E-state index in [2.05, 4.69) is 15.8 Å². The van der Waals surface area contributed by atoms with Crippen molar-refractivity contribution in [3.63, 3.8) is 0 Å². The fraction of sp³-hybridized carbons (Fsp3) is 0.333. The number of para-hydroxylation sites is 1. The Balaban J connectivity index is 2.07. The molecule has 4 nitrogen and oxygen atoms in total. The van der Waals surface area contributed by atoms with Crippen LogP contribution in [-0.2, 0) is 9.68 Å². The Morgan fingerprint density at radius 2 is 2.00 bits per heavy atom. The summed E-state index contributed by atoms with van der Waals surface area (Å²) in [5.41, 5.74) is 6.42. The molecule has 0 saturated heterocycles. The molecule has 0 amide bonds. The van der Waals surface area contributed by atoms with Gasteiger partial charge in [-0.05, 0) is 12.1 Å². The van der Waals surface area contributed by atoms with E-state index >= 15 is 0 Å². The number of benzene rings is 1. The van der Waals surface area contributed by atoms with Crippen LogP contribution in [0.1, 0.15) is 0 Å². The van der Waals surface area contributed by atoms with E-state index in [0.717, 1.165) is 5.69 Å². The van der Waals surface area contributed by atoms with E-state index in [1.54, 1.807) is 7.11 Å². The zero-order valence-electron chi connectivity index (χ0n) is 7.62. The van der Waals surface area contributed by atoms with E-state index in [0.29, 0.717) is 13.2 Å². The third-order valence-corrected chi connectivity index (χ3v) is 1.41. The maximum Gasteiger partial charge on any atom is 0.0893 e. The Morgan fingerprint density at radius 3 is 2.69 bits per heavy atom. The average Bonchev–Trinajstić information content (AvgIpc) is 2.19. The van der Waals surface area contributed by atoms with Gasteiger partial charge in [-0.3, -0.25) is 10.3 Å². The van der Waals surface area contributed by atoms with Gasteiger partial charge in [0.25, 0.3) is 0 Å². The van der Waals surface area contributed by atoms with E-state index in [1.807, 2.05) is 30.3 Å². The summed E-state index contributed by atoms with van der Waals surface area (Å²) in [6, 6.07) is 9.71. The third kappa shape index (κ3) is 4.47. The highest BCUT2D eigenvalue weighted by Crippen LogP contribution is 2.03. The van der Waals surface area contributed by atoms with Crippen molar-refractivity contribution in [2.45, 2.75) is 0 Å². The summed E-state index contributed by atoms with van der Waals surface area (Å²) in [6.45, 7) is 1.19. The van der Waals surface area contributed by atoms with Crippen LogP contribution in [0.4, 0.5) is 5.69 Å². The predicted molar refractivity (Wildman–Crippen MR) is 51.0 cm³/mol. The molecule has 0 bridgehead atoms. The lowest BCUT2D eigenvalue weighted by Crippen LogP contribution is -2.19. The Hall–Kier alpha value is -1.10. The zero-order chi connectivity index (χ0) is 9.36. The minimum atomic E-state index is 0.544. The summed E-state index contributed by atoms with van der Waals surface area (Å²) in [5, 5.41) is 0. The molecule has 0 atom stereocenters. The van der Waals surface area contributed by atoms with Crippen LogP contribution in [0.15, 0.2) is 30.3 Å². The molecule has 0 spiro atoms. The summed E-state index contributed by atoms with van der Waals surface area (Å²) in [5.74, 6) is 0. The molecular weight excluding hydrogens is 168 g/mol. The highest BCUT2D eigenvalue weighted by molar-refractivity contribution is 5.39. The highest BCUT2D eigenvalue weighted by Gasteiger charge is 1.88. The van der Waals surface area contributed by atoms with Crippen LogP contribution in [0.3, 0.4) is 0 Å². The van der Waals surface area contributed by atoms with E-state index in [1.165, 1.54) is 0 Å². The van der Waals surface area contributed by atoms with Gasteiger partial charge in [0.15, 0.2) is 0 Å². The summed E-state index contributed by atoms with van der Waals surface area (Å²) in [6.07, 6.45) is 0. The monoisotopic (exact) mass is 182 g/mol. The summed E-state index contributed by atoms with van der Waals surface area (Å²) in [4.78, 5) is 9.77. The van der Waals surface area contributed by atoms with E-state index < -0.39 is 0 Å². The molecule has 1 aromatic rings. The maximum absolute atomic E-state index is 5.13. The second-order valence-electron chi connectivity index (χ2n) is 2.42. The van der Waals surface area contributed by atoms with Crippen LogP contribution in [-0.4, -0.2) is 20.3 Å². The lowest BCUT2D eigenvalue weighted by atomic mass is 10.3. The van der Waals surface area contributed by atoms with Crippen LogP contribution in [0.2, 0.25) is 0 Å². The minimum Gasteiger partial charge on any atom is -0.305 e. The molecular formula is C9H14N2O2. The number of hydroxylamine groups is 1. The molecule has 0 aromatic heterocycles. The van der Waals surface area contributed by atoms with Crippen molar-refractivity contribution in [1.29, 1.82) is 0 Å². The Kier molecular flexibility index (Phi) is 4.93. The molecule has 0 fully saturated rings. The molecule has 0 saturated carbocycles. The van der Waals surface area contributed by atoms with Crippen LogP contribution >= 0.6 is 0 Å². The first-order valence-corrected chi connectivity index (χ1v) is 4.12. The lowest BCUT2D eigenvalue weighted by molar-refractivity contribution is 0.0678. The smallest absolute Gasteiger partial charge is 0.0893 e. The third-order valence-electron chi connectivity index (χ3n) is 1.41. The first-order valence-electron chi connectivity index (χ1n) is 4.12. The number of anilines is 1. The van der Waals surface area contributed by atoms with Gasteiger partial charge in [0, 0.05) is 6.54 Å². The summed E-state index contributed by atoms with van der Waals surface area (Å²) >= 11 is 0. The number of hydrogen-bond donors (Lipinski definition) is 2. The largest absolute Gasteiger partial charge is 0.305 e. The first kappa shape index (κ1) is 9.98. The Labute approximate surface area is 77.8 Å². The molecule has 0 unspecified atom stereocenters. The molecule has 0 radical (unpaired) electrons. The average molecular weight is 182 g/mol. The van der Waals surface area contributed by atoms with Gasteiger partial charge in [0.1, 0.15) is 0 Å².